The third-order valence-electron chi connectivity index (χ3n) is 5.40. The van der Waals surface area contributed by atoms with Crippen LogP contribution in [0.1, 0.15) is 41.9 Å². The first-order chi connectivity index (χ1) is 16.4. The van der Waals surface area contributed by atoms with Crippen LogP contribution in [0.3, 0.4) is 0 Å². The smallest absolute Gasteiger partial charge is 0.277 e. The van der Waals surface area contributed by atoms with Crippen LogP contribution in [-0.2, 0) is 20.1 Å². The van der Waals surface area contributed by atoms with Crippen LogP contribution < -0.4 is 20.8 Å². The predicted molar refractivity (Wildman–Crippen MR) is 129 cm³/mol. The number of hydrogen-bond acceptors (Lipinski definition) is 6. The number of nitrogens with one attached hydrogen (secondary N) is 1. The molecule has 0 aliphatic heterocycles. The molecule has 4 rings (SSSR count). The lowest BCUT2D eigenvalue weighted by Crippen LogP contribution is -2.13. The lowest BCUT2D eigenvalue weighted by molar-refractivity contribution is 0.1000. The number of ether oxygens (including phenoxy) is 2. The number of aryl methyl sites for hydroxylation is 2. The number of fused-ring (bicyclic) bond motifs is 1. The van der Waals surface area contributed by atoms with Gasteiger partial charge >= 0.3 is 0 Å². The minimum atomic E-state index is -0.474. The molecular formula is C25H27N5O4. The summed E-state index contributed by atoms with van der Waals surface area (Å²) in [5.41, 5.74) is 8.79. The van der Waals surface area contributed by atoms with Gasteiger partial charge in [-0.05, 0) is 49.2 Å². The molecule has 9 heteroatoms. The maximum Gasteiger partial charge on any atom is 0.277 e. The third-order valence-corrected chi connectivity index (χ3v) is 5.40. The Morgan fingerprint density at radius 2 is 1.88 bits per heavy atom. The molecule has 0 bridgehead atoms. The Bertz CT molecular complexity index is 1390. The van der Waals surface area contributed by atoms with Crippen LogP contribution in [0.15, 0.2) is 47.3 Å². The summed E-state index contributed by atoms with van der Waals surface area (Å²) >= 11 is 0. The molecule has 2 aromatic carbocycles. The van der Waals surface area contributed by atoms with Crippen molar-refractivity contribution < 1.29 is 14.3 Å². The van der Waals surface area contributed by atoms with Crippen molar-refractivity contribution in [2.24, 2.45) is 12.8 Å². The summed E-state index contributed by atoms with van der Waals surface area (Å²) in [7, 11) is 1.74. The molecule has 2 aromatic heterocycles. The minimum absolute atomic E-state index is 0.263. The molecule has 0 aliphatic rings. The average Bonchev–Trinajstić information content (AvgIpc) is 3.14. The zero-order chi connectivity index (χ0) is 24.2. The maximum absolute atomic E-state index is 12.9. The van der Waals surface area contributed by atoms with Gasteiger partial charge in [-0.15, -0.1) is 0 Å². The van der Waals surface area contributed by atoms with Gasteiger partial charge in [0.1, 0.15) is 29.4 Å². The van der Waals surface area contributed by atoms with Gasteiger partial charge in [-0.25, -0.2) is 4.98 Å². The fraction of sp³-hybridized carbons (Fsp3) is 0.280. The quantitative estimate of drug-likeness (QED) is 0.394. The number of primary amides is 1. The van der Waals surface area contributed by atoms with Crippen molar-refractivity contribution in [1.29, 1.82) is 0 Å². The fourth-order valence-corrected chi connectivity index (χ4v) is 3.78. The zero-order valence-electron chi connectivity index (χ0n) is 19.4. The van der Waals surface area contributed by atoms with Crippen LogP contribution in [0.5, 0.6) is 11.5 Å². The molecule has 2 heterocycles. The van der Waals surface area contributed by atoms with E-state index >= 15 is 0 Å². The molecule has 0 fully saturated rings. The highest BCUT2D eigenvalue weighted by molar-refractivity contribution is 5.92. The molecule has 0 saturated heterocycles. The van der Waals surface area contributed by atoms with E-state index in [4.69, 9.17) is 20.2 Å². The molecule has 0 radical (unpaired) electrons. The van der Waals surface area contributed by atoms with Gasteiger partial charge in [0.15, 0.2) is 5.52 Å². The number of aromatic nitrogens is 4. The second-order valence-corrected chi connectivity index (χ2v) is 7.87. The molecule has 4 aromatic rings. The van der Waals surface area contributed by atoms with Crippen molar-refractivity contribution >= 4 is 16.9 Å². The van der Waals surface area contributed by atoms with E-state index in [0.717, 1.165) is 24.1 Å². The van der Waals surface area contributed by atoms with Gasteiger partial charge in [0.25, 0.3) is 5.56 Å². The van der Waals surface area contributed by atoms with E-state index in [2.05, 4.69) is 17.0 Å². The van der Waals surface area contributed by atoms with Crippen molar-refractivity contribution in [2.45, 2.75) is 33.3 Å². The van der Waals surface area contributed by atoms with Crippen LogP contribution in [0, 0.1) is 0 Å². The van der Waals surface area contributed by atoms with E-state index < -0.39 is 5.91 Å². The number of H-pyrrole nitrogens is 1. The SMILES string of the molecule is CCCc1nn(C)c2c(=O)[nH]c(-c3cc(OCc4ccc(C(N)=O)cc4)ccc3OCC)nc12. The lowest BCUT2D eigenvalue weighted by Gasteiger charge is -2.13. The van der Waals surface area contributed by atoms with Gasteiger partial charge < -0.3 is 20.2 Å². The van der Waals surface area contributed by atoms with Crippen LogP contribution >= 0.6 is 0 Å². The van der Waals surface area contributed by atoms with E-state index in [1.54, 1.807) is 54.2 Å². The summed E-state index contributed by atoms with van der Waals surface area (Å²) < 4.78 is 13.3. The molecule has 1 amide bonds. The van der Waals surface area contributed by atoms with E-state index in [-0.39, 0.29) is 5.56 Å². The molecule has 0 spiro atoms. The van der Waals surface area contributed by atoms with Gasteiger partial charge in [-0.3, -0.25) is 14.3 Å². The van der Waals surface area contributed by atoms with E-state index in [1.165, 1.54) is 0 Å². The van der Waals surface area contributed by atoms with Gasteiger partial charge in [-0.2, -0.15) is 5.10 Å². The topological polar surface area (TPSA) is 125 Å². The normalized spacial score (nSPS) is 11.0. The molecule has 0 saturated carbocycles. The number of nitrogens with zero attached hydrogens (tertiary/aromatic N) is 3. The lowest BCUT2D eigenvalue weighted by atomic mass is 10.1. The molecular weight excluding hydrogens is 434 g/mol. The Balaban J connectivity index is 1.70. The van der Waals surface area contributed by atoms with Crippen LogP contribution in [0.4, 0.5) is 0 Å². The van der Waals surface area contributed by atoms with Gasteiger partial charge in [0, 0.05) is 12.6 Å². The molecule has 34 heavy (non-hydrogen) atoms. The molecule has 0 aliphatic carbocycles. The number of nitrogens with two attached hydrogens (primary N) is 1. The number of benzene rings is 2. The summed E-state index contributed by atoms with van der Waals surface area (Å²) in [6.45, 7) is 4.70. The van der Waals surface area contributed by atoms with E-state index in [1.807, 2.05) is 6.92 Å². The molecule has 0 unspecified atom stereocenters. The zero-order valence-corrected chi connectivity index (χ0v) is 19.4. The van der Waals surface area contributed by atoms with Crippen molar-refractivity contribution in [1.82, 2.24) is 19.7 Å². The average molecular weight is 462 g/mol. The first kappa shape index (κ1) is 23.0. The third kappa shape index (κ3) is 4.63. The van der Waals surface area contributed by atoms with Gasteiger partial charge in [0.05, 0.1) is 17.9 Å². The Morgan fingerprint density at radius 1 is 1.12 bits per heavy atom. The Hall–Kier alpha value is -4.14. The molecule has 176 valence electrons. The highest BCUT2D eigenvalue weighted by atomic mass is 16.5. The summed E-state index contributed by atoms with van der Waals surface area (Å²) in [5.74, 6) is 1.09. The largest absolute Gasteiger partial charge is 0.493 e. The van der Waals surface area contributed by atoms with Crippen molar-refractivity contribution in [3.63, 3.8) is 0 Å². The maximum atomic E-state index is 12.9. The first-order valence-corrected chi connectivity index (χ1v) is 11.2. The van der Waals surface area contributed by atoms with Gasteiger partial charge in [-0.1, -0.05) is 25.5 Å². The summed E-state index contributed by atoms with van der Waals surface area (Å²) in [6.07, 6.45) is 1.62. The molecule has 3 N–H and O–H groups in total. The van der Waals surface area contributed by atoms with E-state index in [9.17, 15) is 9.59 Å². The van der Waals surface area contributed by atoms with Crippen LogP contribution in [0.25, 0.3) is 22.4 Å². The monoisotopic (exact) mass is 461 g/mol. The van der Waals surface area contributed by atoms with Gasteiger partial charge in [0.2, 0.25) is 5.91 Å². The molecule has 0 atom stereocenters. The number of rotatable bonds is 9. The highest BCUT2D eigenvalue weighted by Gasteiger charge is 2.18. The highest BCUT2D eigenvalue weighted by Crippen LogP contribution is 2.32. The Morgan fingerprint density at radius 3 is 2.56 bits per heavy atom. The predicted octanol–water partition coefficient (Wildman–Crippen LogP) is 3.35. The second kappa shape index (κ2) is 9.78. The van der Waals surface area contributed by atoms with Crippen molar-refractivity contribution in [3.05, 3.63) is 69.6 Å². The summed E-state index contributed by atoms with van der Waals surface area (Å²) in [6, 6.07) is 12.3. The van der Waals surface area contributed by atoms with Crippen molar-refractivity contribution in [3.8, 4) is 22.9 Å². The number of carbonyl (C=O) groups excluding carboxylic acids is 1. The second-order valence-electron chi connectivity index (χ2n) is 7.87. The van der Waals surface area contributed by atoms with Crippen LogP contribution in [-0.4, -0.2) is 32.3 Å². The number of carbonyl (C=O) groups is 1. The Kier molecular flexibility index (Phi) is 6.62. The summed E-state index contributed by atoms with van der Waals surface area (Å²) in [5, 5.41) is 4.48. The fourth-order valence-electron chi connectivity index (χ4n) is 3.78. The minimum Gasteiger partial charge on any atom is -0.493 e. The van der Waals surface area contributed by atoms with E-state index in [0.29, 0.717) is 52.7 Å². The number of aromatic amines is 1. The van der Waals surface area contributed by atoms with Crippen LogP contribution in [0.2, 0.25) is 0 Å². The first-order valence-electron chi connectivity index (χ1n) is 11.2. The number of hydrogen-bond donors (Lipinski definition) is 2. The van der Waals surface area contributed by atoms with Crippen molar-refractivity contribution in [2.75, 3.05) is 6.61 Å². The summed E-state index contributed by atoms with van der Waals surface area (Å²) in [4.78, 5) is 31.8. The number of amides is 1. The Labute approximate surface area is 196 Å². The standard InChI is InChI=1S/C25H27N5O4/c1-4-6-19-21-22(30(3)29-19)25(32)28-24(27-21)18-13-17(11-12-20(18)33-5-2)34-14-15-7-9-16(10-8-15)23(26)31/h7-13H,4-6,14H2,1-3H3,(H2,26,31)(H,27,28,32). The molecule has 9 nitrogen and oxygen atoms in total.